The lowest BCUT2D eigenvalue weighted by atomic mass is 9.96. The van der Waals surface area contributed by atoms with Gasteiger partial charge in [0.15, 0.2) is 5.96 Å². The first-order chi connectivity index (χ1) is 36.6. The molecule has 1 aliphatic rings. The Balaban J connectivity index is 1.57. The van der Waals surface area contributed by atoms with Crippen LogP contribution in [0.4, 0.5) is 0 Å². The van der Waals surface area contributed by atoms with Gasteiger partial charge in [-0.25, -0.2) is 9.78 Å². The summed E-state index contributed by atoms with van der Waals surface area (Å²) in [6.07, 6.45) is 2.94. The van der Waals surface area contributed by atoms with E-state index < -0.39 is 120 Å². The summed E-state index contributed by atoms with van der Waals surface area (Å²) in [6, 6.07) is 4.69. The number of phenols is 1. The molecule has 420 valence electrons. The molecular weight excluding hydrogens is 1020 g/mol. The van der Waals surface area contributed by atoms with Crippen LogP contribution in [0.1, 0.15) is 83.0 Å². The summed E-state index contributed by atoms with van der Waals surface area (Å²) in [6.45, 7) is 6.92. The van der Waals surface area contributed by atoms with E-state index in [1.54, 1.807) is 27.7 Å². The van der Waals surface area contributed by atoms with Crippen LogP contribution in [0.5, 0.6) is 5.75 Å². The van der Waals surface area contributed by atoms with Crippen LogP contribution in [0, 0.1) is 11.8 Å². The topological polar surface area (TPSA) is 409 Å². The average molecular weight is 1090 g/mol. The number of carbonyl (C=O) groups excluding carboxylic acids is 7. The van der Waals surface area contributed by atoms with Crippen molar-refractivity contribution in [2.75, 3.05) is 18.8 Å². The molecule has 0 radical (unpaired) electrons. The van der Waals surface area contributed by atoms with Gasteiger partial charge in [-0.2, -0.15) is 11.8 Å². The van der Waals surface area contributed by atoms with Gasteiger partial charge in [0.2, 0.25) is 41.4 Å². The second-order valence-electron chi connectivity index (χ2n) is 19.2. The van der Waals surface area contributed by atoms with Crippen molar-refractivity contribution in [1.29, 1.82) is 0 Å². The molecule has 4 rings (SSSR count). The molecule has 0 aliphatic carbocycles. The van der Waals surface area contributed by atoms with E-state index in [4.69, 9.17) is 17.2 Å². The Morgan fingerprint density at radius 2 is 1.42 bits per heavy atom. The van der Waals surface area contributed by atoms with Gasteiger partial charge < -0.3 is 74.3 Å². The third-order valence-corrected chi connectivity index (χ3v) is 13.9. The van der Waals surface area contributed by atoms with E-state index in [0.29, 0.717) is 29.9 Å². The number of imidazole rings is 1. The van der Waals surface area contributed by atoms with E-state index in [9.17, 15) is 58.5 Å². The van der Waals surface area contributed by atoms with Crippen LogP contribution < -0.4 is 49.1 Å². The van der Waals surface area contributed by atoms with Gasteiger partial charge >= 0.3 is 11.9 Å². The van der Waals surface area contributed by atoms with Gasteiger partial charge in [-0.1, -0.05) is 76.6 Å². The molecule has 77 heavy (non-hydrogen) atoms. The quantitative estimate of drug-likeness (QED) is 0.0217. The molecule has 0 spiro atoms. The molecule has 1 fully saturated rings. The van der Waals surface area contributed by atoms with Crippen molar-refractivity contribution >= 4 is 71.0 Å². The van der Waals surface area contributed by atoms with Crippen molar-refractivity contribution in [2.45, 2.75) is 133 Å². The highest BCUT2D eigenvalue weighted by molar-refractivity contribution is 7.98. The van der Waals surface area contributed by atoms with E-state index in [1.807, 2.05) is 30.3 Å². The van der Waals surface area contributed by atoms with Gasteiger partial charge in [-0.15, -0.1) is 0 Å². The number of aromatic hydroxyl groups is 1. The van der Waals surface area contributed by atoms with Gasteiger partial charge in [-0.3, -0.25) is 43.3 Å². The van der Waals surface area contributed by atoms with Crippen LogP contribution in [0.3, 0.4) is 0 Å². The van der Waals surface area contributed by atoms with Crippen molar-refractivity contribution < 1.29 is 58.5 Å². The normalized spacial score (nSPS) is 16.2. The highest BCUT2D eigenvalue weighted by atomic mass is 32.2. The Labute approximate surface area is 450 Å². The van der Waals surface area contributed by atoms with E-state index >= 15 is 0 Å². The summed E-state index contributed by atoms with van der Waals surface area (Å²) in [4.78, 5) is 134. The molecule has 9 atom stereocenters. The van der Waals surface area contributed by atoms with Crippen LogP contribution in [-0.2, 0) is 61.7 Å². The maximum atomic E-state index is 14.6. The molecule has 16 N–H and O–H groups in total. The number of nitrogens with one attached hydrogen (secondary N) is 7. The Hall–Kier alpha value is -7.74. The number of rotatable bonds is 31. The number of aliphatic imine (C=N–C) groups is 1. The van der Waals surface area contributed by atoms with Crippen molar-refractivity contribution in [2.24, 2.45) is 34.0 Å². The molecule has 1 saturated heterocycles. The Morgan fingerprint density at radius 1 is 0.779 bits per heavy atom. The smallest absolute Gasteiger partial charge is 0.327 e. The number of carboxylic acids is 2. The number of likely N-dealkylation sites (tertiary alicyclic amines) is 1. The average Bonchev–Trinajstić information content (AvgIpc) is 4.10. The van der Waals surface area contributed by atoms with Crippen LogP contribution >= 0.6 is 11.8 Å². The number of H-pyrrole nitrogens is 1. The fourth-order valence-corrected chi connectivity index (χ4v) is 9.32. The summed E-state index contributed by atoms with van der Waals surface area (Å²) in [5, 5.41) is 45.2. The summed E-state index contributed by atoms with van der Waals surface area (Å²) >= 11 is 1.33. The number of guanidine groups is 1. The van der Waals surface area contributed by atoms with Crippen molar-refractivity contribution in [1.82, 2.24) is 46.8 Å². The van der Waals surface area contributed by atoms with Gasteiger partial charge in [-0.05, 0) is 60.8 Å². The number of benzene rings is 2. The number of phenolic OH excluding ortho intramolecular Hbond substituents is 1. The van der Waals surface area contributed by atoms with Gasteiger partial charge in [0.1, 0.15) is 48.0 Å². The molecule has 1 aromatic heterocycles. The number of aromatic nitrogens is 2. The molecule has 0 unspecified atom stereocenters. The largest absolute Gasteiger partial charge is 0.508 e. The standard InChI is InChI=1S/C51H73N13O12S/c1-5-29(4)42(48(73)60-37(22-32-24-55-27-57-32)49(74)64-20-10-14-39(64)46(71)61-38(50(75)76)26-77-25-31-11-7-6-8-12-31)63-45(70)36(21-30-15-17-33(65)18-16-30)59-47(72)41(28(2)3)62-44(69)35(13-9-19-56-51(53)54)58-43(68)34(52)23-40(66)67/h6-8,11-12,15-18,24,27-29,34-39,41-42,65H,5,9-10,13-14,19-23,25-26,52H2,1-4H3,(H,55,57)(H,58,68)(H,59,72)(H,60,73)(H,61,71)(H,62,69)(H,63,70)(H,66,67)(H,75,76)(H4,53,54,56)/t29-,34-,35-,36-,37-,38-,39-,41-,42-/m0/s1. The number of amides is 7. The van der Waals surface area contributed by atoms with E-state index in [0.717, 1.165) is 5.56 Å². The highest BCUT2D eigenvalue weighted by Crippen LogP contribution is 2.22. The molecule has 2 heterocycles. The number of nitrogens with zero attached hydrogens (tertiary/aromatic N) is 3. The maximum Gasteiger partial charge on any atom is 0.327 e. The zero-order valence-corrected chi connectivity index (χ0v) is 44.4. The van der Waals surface area contributed by atoms with Crippen LogP contribution in [0.15, 0.2) is 72.1 Å². The number of thioether (sulfide) groups is 1. The predicted octanol–water partition coefficient (Wildman–Crippen LogP) is -0.624. The zero-order valence-electron chi connectivity index (χ0n) is 43.6. The van der Waals surface area contributed by atoms with E-state index in [-0.39, 0.29) is 62.7 Å². The molecule has 0 saturated carbocycles. The third kappa shape index (κ3) is 20.0. The molecule has 0 bridgehead atoms. The third-order valence-electron chi connectivity index (χ3n) is 12.8. The van der Waals surface area contributed by atoms with Crippen molar-refractivity contribution in [3.63, 3.8) is 0 Å². The molecule has 3 aromatic rings. The Bertz CT molecular complexity index is 2500. The van der Waals surface area contributed by atoms with Gasteiger partial charge in [0.05, 0.1) is 18.8 Å². The molecule has 1 aliphatic heterocycles. The summed E-state index contributed by atoms with van der Waals surface area (Å²) in [7, 11) is 0. The first kappa shape index (κ1) is 61.8. The lowest BCUT2D eigenvalue weighted by Crippen LogP contribution is -2.62. The first-order valence-electron chi connectivity index (χ1n) is 25.3. The lowest BCUT2D eigenvalue weighted by molar-refractivity contribution is -0.144. The molecule has 2 aromatic carbocycles. The number of aliphatic carboxylic acids is 2. The number of aromatic amines is 1. The fraction of sp³-hybridized carbons (Fsp3) is 0.510. The summed E-state index contributed by atoms with van der Waals surface area (Å²) < 4.78 is 0. The van der Waals surface area contributed by atoms with E-state index in [1.165, 1.54) is 53.5 Å². The minimum Gasteiger partial charge on any atom is -0.508 e. The predicted molar refractivity (Wildman–Crippen MR) is 285 cm³/mol. The maximum absolute atomic E-state index is 14.6. The number of hydrogen-bond acceptors (Lipinski definition) is 14. The second kappa shape index (κ2) is 30.7. The minimum atomic E-state index is -1.51. The van der Waals surface area contributed by atoms with Crippen LogP contribution in [0.2, 0.25) is 0 Å². The molecule has 7 amide bonds. The zero-order chi connectivity index (χ0) is 56.8. The lowest BCUT2D eigenvalue weighted by Gasteiger charge is -2.32. The minimum absolute atomic E-state index is 0.0593. The van der Waals surface area contributed by atoms with Crippen molar-refractivity contribution in [3.8, 4) is 5.75 Å². The fourth-order valence-electron chi connectivity index (χ4n) is 8.31. The Morgan fingerprint density at radius 3 is 2.03 bits per heavy atom. The first-order valence-corrected chi connectivity index (χ1v) is 26.5. The monoisotopic (exact) mass is 1090 g/mol. The number of carbonyl (C=O) groups is 9. The van der Waals surface area contributed by atoms with Crippen molar-refractivity contribution in [3.05, 3.63) is 83.9 Å². The number of hydrogen-bond donors (Lipinski definition) is 13. The van der Waals surface area contributed by atoms with Crippen LogP contribution in [-0.4, -0.2) is 157 Å². The summed E-state index contributed by atoms with van der Waals surface area (Å²) in [5.41, 5.74) is 18.6. The number of nitrogens with two attached hydrogens (primary N) is 3. The van der Waals surface area contributed by atoms with E-state index in [2.05, 4.69) is 46.9 Å². The number of carboxylic acid groups (broad SMARTS) is 2. The Kier molecular flexibility index (Phi) is 24.7. The van der Waals surface area contributed by atoms with Crippen LogP contribution in [0.25, 0.3) is 0 Å². The van der Waals surface area contributed by atoms with Gasteiger partial charge in [0, 0.05) is 49.3 Å². The molecule has 26 heteroatoms. The second-order valence-corrected chi connectivity index (χ2v) is 20.2. The molecule has 25 nitrogen and oxygen atoms in total. The van der Waals surface area contributed by atoms with Gasteiger partial charge in [0.25, 0.3) is 0 Å². The SMILES string of the molecule is CC[C@H](C)[C@H](NC(=O)[C@H](Cc1ccc(O)cc1)NC(=O)[C@@H](NC(=O)[C@H](CCCN=C(N)N)NC(=O)[C@@H](N)CC(=O)O)C(C)C)C(=O)N[C@@H](Cc1cnc[nH]1)C(=O)N1CCC[C@H]1C(=O)N[C@@H](CSCc1ccccc1)C(=O)O. The summed E-state index contributed by atoms with van der Waals surface area (Å²) in [5.74, 6) is -9.02. The molecular formula is C51H73N13O12S. The highest BCUT2D eigenvalue weighted by Gasteiger charge is 2.41.